The first-order chi connectivity index (χ1) is 9.33. The lowest BCUT2D eigenvalue weighted by Gasteiger charge is -2.22. The van der Waals surface area contributed by atoms with E-state index in [1.165, 1.54) is 11.1 Å². The van der Waals surface area contributed by atoms with Crippen molar-refractivity contribution < 1.29 is 4.74 Å². The van der Waals surface area contributed by atoms with Crippen LogP contribution in [0.15, 0.2) is 24.3 Å². The first kappa shape index (κ1) is 14.5. The van der Waals surface area contributed by atoms with Crippen LogP contribution in [0.3, 0.4) is 0 Å². The highest BCUT2D eigenvalue weighted by molar-refractivity contribution is 5.28. The van der Waals surface area contributed by atoms with Gasteiger partial charge in [0.15, 0.2) is 0 Å². The molecule has 0 spiro atoms. The monoisotopic (exact) mass is 262 g/mol. The molecule has 0 aliphatic carbocycles. The van der Waals surface area contributed by atoms with Crippen LogP contribution in [0.2, 0.25) is 0 Å². The van der Waals surface area contributed by atoms with E-state index in [4.69, 9.17) is 10.5 Å². The molecule has 0 fully saturated rings. The van der Waals surface area contributed by atoms with Gasteiger partial charge < -0.3 is 15.4 Å². The van der Waals surface area contributed by atoms with Gasteiger partial charge in [0.05, 0.1) is 6.10 Å². The minimum atomic E-state index is 0.218. The molecule has 106 valence electrons. The van der Waals surface area contributed by atoms with Crippen LogP contribution >= 0.6 is 0 Å². The third-order valence-corrected chi connectivity index (χ3v) is 3.95. The number of hydrogen-bond donors (Lipinski definition) is 1. The predicted octanol–water partition coefficient (Wildman–Crippen LogP) is 1.84. The van der Waals surface area contributed by atoms with Gasteiger partial charge in [-0.3, -0.25) is 0 Å². The lowest BCUT2D eigenvalue weighted by molar-refractivity contribution is 0.0547. The highest BCUT2D eigenvalue weighted by atomic mass is 16.5. The summed E-state index contributed by atoms with van der Waals surface area (Å²) in [5.41, 5.74) is 8.77. The van der Waals surface area contributed by atoms with Crippen LogP contribution in [-0.4, -0.2) is 43.8 Å². The normalized spacial score (nSPS) is 17.8. The Morgan fingerprint density at radius 1 is 1.21 bits per heavy atom. The molecule has 0 radical (unpaired) electrons. The largest absolute Gasteiger partial charge is 0.377 e. The van der Waals surface area contributed by atoms with Crippen LogP contribution in [0.5, 0.6) is 0 Å². The quantitative estimate of drug-likeness (QED) is 0.850. The molecule has 0 amide bonds. The van der Waals surface area contributed by atoms with E-state index in [2.05, 4.69) is 29.2 Å². The van der Waals surface area contributed by atoms with Crippen LogP contribution < -0.4 is 5.73 Å². The van der Waals surface area contributed by atoms with Crippen LogP contribution in [0.4, 0.5) is 0 Å². The molecule has 1 atom stereocenters. The Kier molecular flexibility index (Phi) is 5.83. The molecule has 1 aromatic rings. The first-order valence-corrected chi connectivity index (χ1v) is 7.44. The molecule has 2 rings (SSSR count). The van der Waals surface area contributed by atoms with Gasteiger partial charge >= 0.3 is 0 Å². The number of benzene rings is 1. The van der Waals surface area contributed by atoms with E-state index >= 15 is 0 Å². The summed E-state index contributed by atoms with van der Waals surface area (Å²) in [5, 5.41) is 0. The van der Waals surface area contributed by atoms with Crippen molar-refractivity contribution in [1.29, 1.82) is 0 Å². The van der Waals surface area contributed by atoms with Gasteiger partial charge in [-0.2, -0.15) is 0 Å². The highest BCUT2D eigenvalue weighted by Gasteiger charge is 2.15. The summed E-state index contributed by atoms with van der Waals surface area (Å²) in [4.78, 5) is 2.54. The van der Waals surface area contributed by atoms with Crippen molar-refractivity contribution in [3.8, 4) is 0 Å². The fraction of sp³-hybridized carbons (Fsp3) is 0.625. The van der Waals surface area contributed by atoms with Gasteiger partial charge in [0.2, 0.25) is 0 Å². The number of ether oxygens (including phenoxy) is 1. The van der Waals surface area contributed by atoms with E-state index in [1.807, 2.05) is 6.92 Å². The zero-order valence-electron chi connectivity index (χ0n) is 12.0. The summed E-state index contributed by atoms with van der Waals surface area (Å²) in [7, 11) is 0. The molecule has 0 saturated carbocycles. The maximum Gasteiger partial charge on any atom is 0.0709 e. The Hall–Kier alpha value is -0.900. The van der Waals surface area contributed by atoms with Crippen molar-refractivity contribution in [2.45, 2.75) is 32.3 Å². The van der Waals surface area contributed by atoms with Gasteiger partial charge in [-0.05, 0) is 37.3 Å². The van der Waals surface area contributed by atoms with Gasteiger partial charge in [0.25, 0.3) is 0 Å². The smallest absolute Gasteiger partial charge is 0.0709 e. The van der Waals surface area contributed by atoms with Crippen molar-refractivity contribution in [3.05, 3.63) is 35.4 Å². The second kappa shape index (κ2) is 7.63. The third kappa shape index (κ3) is 4.30. The molecule has 3 nitrogen and oxygen atoms in total. The fourth-order valence-electron chi connectivity index (χ4n) is 2.77. The minimum Gasteiger partial charge on any atom is -0.377 e. The summed E-state index contributed by atoms with van der Waals surface area (Å²) in [6.07, 6.45) is 3.59. The number of rotatable bonds is 6. The first-order valence-electron chi connectivity index (χ1n) is 7.44. The van der Waals surface area contributed by atoms with Gasteiger partial charge in [-0.1, -0.05) is 24.3 Å². The molecule has 0 bridgehead atoms. The minimum absolute atomic E-state index is 0.218. The zero-order valence-corrected chi connectivity index (χ0v) is 12.0. The summed E-state index contributed by atoms with van der Waals surface area (Å²) < 4.78 is 5.62. The highest BCUT2D eigenvalue weighted by Crippen LogP contribution is 2.15. The maximum absolute atomic E-state index is 5.73. The Morgan fingerprint density at radius 3 is 2.37 bits per heavy atom. The summed E-state index contributed by atoms with van der Waals surface area (Å²) in [6, 6.07) is 8.82. The average molecular weight is 262 g/mol. The maximum atomic E-state index is 5.73. The summed E-state index contributed by atoms with van der Waals surface area (Å²) >= 11 is 0. The van der Waals surface area contributed by atoms with Crippen LogP contribution in [-0.2, 0) is 17.6 Å². The molecule has 0 aromatic heterocycles. The molecular weight excluding hydrogens is 236 g/mol. The lowest BCUT2D eigenvalue weighted by atomic mass is 10.0. The Labute approximate surface area is 116 Å². The fourth-order valence-corrected chi connectivity index (χ4v) is 2.77. The molecule has 3 heteroatoms. The van der Waals surface area contributed by atoms with Crippen LogP contribution in [0, 0.1) is 0 Å². The molecule has 1 unspecified atom stereocenters. The Morgan fingerprint density at radius 2 is 1.84 bits per heavy atom. The molecule has 0 saturated heterocycles. The van der Waals surface area contributed by atoms with E-state index in [-0.39, 0.29) is 6.10 Å². The van der Waals surface area contributed by atoms with Crippen molar-refractivity contribution in [3.63, 3.8) is 0 Å². The van der Waals surface area contributed by atoms with Crippen molar-refractivity contribution in [2.24, 2.45) is 5.73 Å². The summed E-state index contributed by atoms with van der Waals surface area (Å²) in [6.45, 7) is 6.82. The number of nitrogens with two attached hydrogens (primary N) is 1. The van der Waals surface area contributed by atoms with Gasteiger partial charge in [-0.15, -0.1) is 0 Å². The van der Waals surface area contributed by atoms with Gasteiger partial charge in [-0.25, -0.2) is 0 Å². The topological polar surface area (TPSA) is 38.5 Å². The van der Waals surface area contributed by atoms with E-state index in [0.717, 1.165) is 45.5 Å². The second-order valence-electron chi connectivity index (χ2n) is 5.21. The number of hydrogen-bond acceptors (Lipinski definition) is 3. The SMILES string of the molecule is CCOC(CN)CCN1CCc2ccccc2CC1. The molecule has 19 heavy (non-hydrogen) atoms. The standard InChI is InChI=1S/C16H26N2O/c1-2-19-16(13-17)9-12-18-10-7-14-5-3-4-6-15(14)8-11-18/h3-6,16H,2,7-13,17H2,1H3. The van der Waals surface area contributed by atoms with E-state index in [0.29, 0.717) is 6.54 Å². The molecular formula is C16H26N2O. The van der Waals surface area contributed by atoms with Gasteiger partial charge in [0.1, 0.15) is 0 Å². The Bertz CT molecular complexity index is 354. The summed E-state index contributed by atoms with van der Waals surface area (Å²) in [5.74, 6) is 0. The van der Waals surface area contributed by atoms with Crippen LogP contribution in [0.25, 0.3) is 0 Å². The molecule has 1 heterocycles. The van der Waals surface area contributed by atoms with Crippen LogP contribution in [0.1, 0.15) is 24.5 Å². The third-order valence-electron chi connectivity index (χ3n) is 3.95. The average Bonchev–Trinajstić information content (AvgIpc) is 2.66. The lowest BCUT2D eigenvalue weighted by Crippen LogP contribution is -2.33. The molecule has 1 aliphatic rings. The second-order valence-corrected chi connectivity index (χ2v) is 5.21. The van der Waals surface area contributed by atoms with E-state index in [9.17, 15) is 0 Å². The Balaban J connectivity index is 1.81. The zero-order chi connectivity index (χ0) is 13.5. The van der Waals surface area contributed by atoms with Crippen molar-refractivity contribution in [1.82, 2.24) is 4.90 Å². The van der Waals surface area contributed by atoms with E-state index in [1.54, 1.807) is 0 Å². The van der Waals surface area contributed by atoms with E-state index < -0.39 is 0 Å². The molecule has 2 N–H and O–H groups in total. The predicted molar refractivity (Wildman–Crippen MR) is 79.4 cm³/mol. The number of nitrogens with zero attached hydrogens (tertiary/aromatic N) is 1. The molecule has 1 aromatic carbocycles. The number of fused-ring (bicyclic) bond motifs is 1. The van der Waals surface area contributed by atoms with Gasteiger partial charge in [0, 0.05) is 32.8 Å². The van der Waals surface area contributed by atoms with Crippen molar-refractivity contribution in [2.75, 3.05) is 32.8 Å². The molecule has 1 aliphatic heterocycles. The van der Waals surface area contributed by atoms with Crippen molar-refractivity contribution >= 4 is 0 Å².